The molecule has 1 aliphatic carbocycles. The largest absolute Gasteiger partial charge is 0.467 e. The molecule has 0 saturated heterocycles. The molecule has 2 rings (SSSR count). The maximum atomic E-state index is 11.5. The van der Waals surface area contributed by atoms with E-state index in [2.05, 4.69) is 10.6 Å². The first kappa shape index (κ1) is 13.0. The van der Waals surface area contributed by atoms with Crippen LogP contribution in [0.3, 0.4) is 0 Å². The first-order chi connectivity index (χ1) is 8.65. The number of aliphatic hydroxyl groups excluding tert-OH is 1. The van der Waals surface area contributed by atoms with E-state index < -0.39 is 6.10 Å². The second kappa shape index (κ2) is 5.91. The van der Waals surface area contributed by atoms with E-state index in [0.717, 1.165) is 6.54 Å². The average molecular weight is 252 g/mol. The van der Waals surface area contributed by atoms with Gasteiger partial charge in [-0.3, -0.25) is 0 Å². The third kappa shape index (κ3) is 4.07. The molecule has 2 amide bonds. The molecule has 18 heavy (non-hydrogen) atoms. The molecule has 0 radical (unpaired) electrons. The smallest absolute Gasteiger partial charge is 0.315 e. The molecule has 5 nitrogen and oxygen atoms in total. The van der Waals surface area contributed by atoms with Crippen molar-refractivity contribution in [1.29, 1.82) is 0 Å². The molecular weight excluding hydrogens is 232 g/mol. The molecule has 1 aliphatic rings. The van der Waals surface area contributed by atoms with E-state index in [4.69, 9.17) is 4.42 Å². The normalized spacial score (nSPS) is 18.1. The van der Waals surface area contributed by atoms with E-state index in [0.29, 0.717) is 18.1 Å². The summed E-state index contributed by atoms with van der Waals surface area (Å²) in [7, 11) is 0. The molecule has 0 spiro atoms. The Morgan fingerprint density at radius 3 is 3.00 bits per heavy atom. The number of carbonyl (C=O) groups is 1. The summed E-state index contributed by atoms with van der Waals surface area (Å²) < 4.78 is 5.11. The highest BCUT2D eigenvalue weighted by molar-refractivity contribution is 5.74. The van der Waals surface area contributed by atoms with Crippen LogP contribution in [0.15, 0.2) is 22.8 Å². The maximum Gasteiger partial charge on any atom is 0.315 e. The number of urea groups is 1. The van der Waals surface area contributed by atoms with Gasteiger partial charge in [0.1, 0.15) is 11.9 Å². The van der Waals surface area contributed by atoms with Crippen molar-refractivity contribution in [3.8, 4) is 0 Å². The predicted molar refractivity (Wildman–Crippen MR) is 67.0 cm³/mol. The second-order valence-electron chi connectivity index (χ2n) is 4.97. The molecular formula is C13H20N2O3. The van der Waals surface area contributed by atoms with Gasteiger partial charge in [-0.05, 0) is 37.8 Å². The monoisotopic (exact) mass is 252 g/mol. The Hall–Kier alpha value is -1.49. The van der Waals surface area contributed by atoms with Gasteiger partial charge < -0.3 is 20.2 Å². The van der Waals surface area contributed by atoms with Gasteiger partial charge in [0, 0.05) is 19.0 Å². The Bertz CT molecular complexity index is 374. The zero-order valence-corrected chi connectivity index (χ0v) is 10.6. The Kier molecular flexibility index (Phi) is 4.25. The van der Waals surface area contributed by atoms with Crippen molar-refractivity contribution in [3.63, 3.8) is 0 Å². The van der Waals surface area contributed by atoms with Crippen LogP contribution in [0.4, 0.5) is 4.79 Å². The van der Waals surface area contributed by atoms with Crippen LogP contribution in [0.2, 0.25) is 0 Å². The fourth-order valence-electron chi connectivity index (χ4n) is 1.82. The first-order valence-corrected chi connectivity index (χ1v) is 6.41. The summed E-state index contributed by atoms with van der Waals surface area (Å²) in [5.74, 6) is 1.20. The summed E-state index contributed by atoms with van der Waals surface area (Å²) in [6.45, 7) is 2.61. The summed E-state index contributed by atoms with van der Waals surface area (Å²) in [5.41, 5.74) is 0. The Balaban J connectivity index is 1.67. The molecule has 2 atom stereocenters. The number of nitrogens with one attached hydrogen (secondary N) is 2. The lowest BCUT2D eigenvalue weighted by molar-refractivity contribution is 0.129. The minimum atomic E-state index is -0.682. The van der Waals surface area contributed by atoms with Crippen LogP contribution in [0.1, 0.15) is 38.1 Å². The van der Waals surface area contributed by atoms with Gasteiger partial charge >= 0.3 is 6.03 Å². The number of hydrogen-bond acceptors (Lipinski definition) is 3. The van der Waals surface area contributed by atoms with Gasteiger partial charge in [-0.15, -0.1) is 0 Å². The lowest BCUT2D eigenvalue weighted by Crippen LogP contribution is -2.42. The summed E-state index contributed by atoms with van der Waals surface area (Å²) in [6, 6.07) is 3.19. The standard InChI is InChI=1S/C13H20N2O3/c1-9(7-11(16)12-3-2-6-18-12)15-13(17)14-8-10-4-5-10/h2-3,6,9-11,16H,4-5,7-8H2,1H3,(H2,14,15,17). The summed E-state index contributed by atoms with van der Waals surface area (Å²) in [6.07, 6.45) is 3.71. The van der Waals surface area contributed by atoms with Gasteiger partial charge in [-0.2, -0.15) is 0 Å². The third-order valence-corrected chi connectivity index (χ3v) is 3.07. The molecule has 3 N–H and O–H groups in total. The molecule has 1 aromatic heterocycles. The van der Waals surface area contributed by atoms with Gasteiger partial charge in [0.05, 0.1) is 6.26 Å². The molecule has 1 fully saturated rings. The van der Waals surface area contributed by atoms with Gasteiger partial charge in [0.25, 0.3) is 0 Å². The van der Waals surface area contributed by atoms with Crippen LogP contribution in [-0.2, 0) is 0 Å². The van der Waals surface area contributed by atoms with Crippen LogP contribution >= 0.6 is 0 Å². The Morgan fingerprint density at radius 1 is 1.61 bits per heavy atom. The highest BCUT2D eigenvalue weighted by atomic mass is 16.4. The van der Waals surface area contributed by atoms with E-state index in [1.165, 1.54) is 19.1 Å². The van der Waals surface area contributed by atoms with Crippen LogP contribution in [0.25, 0.3) is 0 Å². The topological polar surface area (TPSA) is 74.5 Å². The molecule has 0 aromatic carbocycles. The average Bonchev–Trinajstić information content (AvgIpc) is 2.98. The van der Waals surface area contributed by atoms with Gasteiger partial charge in [-0.1, -0.05) is 0 Å². The van der Waals surface area contributed by atoms with Crippen molar-refractivity contribution < 1.29 is 14.3 Å². The number of hydrogen-bond donors (Lipinski definition) is 3. The van der Waals surface area contributed by atoms with Crippen molar-refractivity contribution in [2.24, 2.45) is 5.92 Å². The van der Waals surface area contributed by atoms with Crippen molar-refractivity contribution in [2.45, 2.75) is 38.3 Å². The second-order valence-corrected chi connectivity index (χ2v) is 4.97. The van der Waals surface area contributed by atoms with E-state index in [1.807, 2.05) is 6.92 Å². The first-order valence-electron chi connectivity index (χ1n) is 6.41. The van der Waals surface area contributed by atoms with Crippen LogP contribution in [0, 0.1) is 5.92 Å². The number of aliphatic hydroxyl groups is 1. The lowest BCUT2D eigenvalue weighted by atomic mass is 10.1. The van der Waals surface area contributed by atoms with Gasteiger partial charge in [0.2, 0.25) is 0 Å². The Morgan fingerprint density at radius 2 is 2.39 bits per heavy atom. The molecule has 0 bridgehead atoms. The van der Waals surface area contributed by atoms with E-state index in [-0.39, 0.29) is 12.1 Å². The highest BCUT2D eigenvalue weighted by Crippen LogP contribution is 2.27. The van der Waals surface area contributed by atoms with Crippen molar-refractivity contribution in [3.05, 3.63) is 24.2 Å². The molecule has 0 aliphatic heterocycles. The lowest BCUT2D eigenvalue weighted by Gasteiger charge is -2.17. The van der Waals surface area contributed by atoms with Crippen molar-refractivity contribution >= 4 is 6.03 Å². The SMILES string of the molecule is CC(CC(O)c1ccco1)NC(=O)NCC1CC1. The maximum absolute atomic E-state index is 11.5. The van der Waals surface area contributed by atoms with E-state index >= 15 is 0 Å². The minimum absolute atomic E-state index is 0.107. The van der Waals surface area contributed by atoms with Crippen LogP contribution in [0.5, 0.6) is 0 Å². The molecule has 5 heteroatoms. The van der Waals surface area contributed by atoms with Crippen molar-refractivity contribution in [2.75, 3.05) is 6.54 Å². The van der Waals surface area contributed by atoms with E-state index in [9.17, 15) is 9.90 Å². The van der Waals surface area contributed by atoms with Gasteiger partial charge in [-0.25, -0.2) is 4.79 Å². The highest BCUT2D eigenvalue weighted by Gasteiger charge is 2.22. The Labute approximate surface area is 107 Å². The molecule has 2 unspecified atom stereocenters. The summed E-state index contributed by atoms with van der Waals surface area (Å²) in [4.78, 5) is 11.5. The third-order valence-electron chi connectivity index (χ3n) is 3.07. The molecule has 100 valence electrons. The summed E-state index contributed by atoms with van der Waals surface area (Å²) >= 11 is 0. The molecule has 1 aromatic rings. The van der Waals surface area contributed by atoms with Gasteiger partial charge in [0.15, 0.2) is 0 Å². The number of rotatable bonds is 6. The fourth-order valence-corrected chi connectivity index (χ4v) is 1.82. The fraction of sp³-hybridized carbons (Fsp3) is 0.615. The van der Waals surface area contributed by atoms with Crippen molar-refractivity contribution in [1.82, 2.24) is 10.6 Å². The predicted octanol–water partition coefficient (Wildman–Crippen LogP) is 1.80. The number of carbonyl (C=O) groups excluding carboxylic acids is 1. The molecule has 1 heterocycles. The van der Waals surface area contributed by atoms with Crippen LogP contribution < -0.4 is 10.6 Å². The molecule has 1 saturated carbocycles. The van der Waals surface area contributed by atoms with E-state index in [1.54, 1.807) is 12.1 Å². The minimum Gasteiger partial charge on any atom is -0.467 e. The number of amides is 2. The number of furan rings is 1. The zero-order valence-electron chi connectivity index (χ0n) is 10.6. The van der Waals surface area contributed by atoms with Crippen LogP contribution in [-0.4, -0.2) is 23.7 Å². The zero-order chi connectivity index (χ0) is 13.0. The summed E-state index contributed by atoms with van der Waals surface area (Å²) in [5, 5.41) is 15.5. The quantitative estimate of drug-likeness (QED) is 0.722.